The molecule has 3 N–H and O–H groups in total. The third-order valence-electron chi connectivity index (χ3n) is 4.93. The van der Waals surface area contributed by atoms with Crippen LogP contribution in [0.4, 0.5) is 0 Å². The minimum absolute atomic E-state index is 0.0835. The summed E-state index contributed by atoms with van der Waals surface area (Å²) in [5, 5.41) is 6.14. The first-order valence-corrected chi connectivity index (χ1v) is 9.08. The zero-order valence-corrected chi connectivity index (χ0v) is 14.3. The Kier molecular flexibility index (Phi) is 4.18. The number of aryl methyl sites for hydroxylation is 2. The molecule has 4 rings (SSSR count). The van der Waals surface area contributed by atoms with Crippen molar-refractivity contribution in [1.82, 2.24) is 16.3 Å². The Labute approximate surface area is 145 Å². The third kappa shape index (κ3) is 2.77. The first-order chi connectivity index (χ1) is 11.7. The van der Waals surface area contributed by atoms with Crippen molar-refractivity contribution in [3.05, 3.63) is 57.3 Å². The van der Waals surface area contributed by atoms with Crippen LogP contribution in [0.5, 0.6) is 0 Å². The summed E-state index contributed by atoms with van der Waals surface area (Å²) in [5.41, 5.74) is 13.0. The minimum Gasteiger partial charge on any atom is -0.271 e. The maximum atomic E-state index is 12.5. The third-order valence-corrected chi connectivity index (χ3v) is 5.88. The highest BCUT2D eigenvalue weighted by molar-refractivity contribution is 7.11. The van der Waals surface area contributed by atoms with Gasteiger partial charge in [0.1, 0.15) is 6.04 Å². The lowest BCUT2D eigenvalue weighted by Gasteiger charge is -2.29. The van der Waals surface area contributed by atoms with Crippen LogP contribution in [-0.2, 0) is 11.2 Å². The van der Waals surface area contributed by atoms with Crippen molar-refractivity contribution in [2.24, 2.45) is 11.0 Å². The van der Waals surface area contributed by atoms with E-state index in [-0.39, 0.29) is 23.9 Å². The molecule has 2 heterocycles. The molecular weight excluding hydrogens is 320 g/mol. The zero-order chi connectivity index (χ0) is 16.5. The number of hydrogen-bond donors (Lipinski definition) is 3. The number of nitrogens with one attached hydrogen (secondary N) is 3. The van der Waals surface area contributed by atoms with Gasteiger partial charge in [0.2, 0.25) is 0 Å². The minimum atomic E-state index is -0.259. The fourth-order valence-corrected chi connectivity index (χ4v) is 4.40. The SMILES string of the molecule is Cc1ccsc1/C=N/NC(=O)C1NNC2c3ccccc3CCC12. The average Bonchev–Trinajstić information content (AvgIpc) is 3.21. The Bertz CT molecular complexity index is 785. The van der Waals surface area contributed by atoms with Crippen LogP contribution in [0.15, 0.2) is 40.8 Å². The Balaban J connectivity index is 1.44. The summed E-state index contributed by atoms with van der Waals surface area (Å²) >= 11 is 1.62. The van der Waals surface area contributed by atoms with Crippen LogP contribution in [0.25, 0.3) is 0 Å². The number of carbonyl (C=O) groups excluding carboxylic acids is 1. The topological polar surface area (TPSA) is 65.5 Å². The molecule has 1 aliphatic carbocycles. The van der Waals surface area contributed by atoms with Gasteiger partial charge in [0.25, 0.3) is 5.91 Å². The van der Waals surface area contributed by atoms with Crippen LogP contribution in [0.2, 0.25) is 0 Å². The quantitative estimate of drug-likeness (QED) is 0.593. The van der Waals surface area contributed by atoms with Gasteiger partial charge in [-0.2, -0.15) is 5.10 Å². The zero-order valence-electron chi connectivity index (χ0n) is 13.5. The maximum Gasteiger partial charge on any atom is 0.258 e. The molecule has 1 fully saturated rings. The van der Waals surface area contributed by atoms with E-state index in [0.717, 1.165) is 17.7 Å². The summed E-state index contributed by atoms with van der Waals surface area (Å²) in [6.07, 6.45) is 3.73. The molecule has 2 aromatic rings. The van der Waals surface area contributed by atoms with E-state index in [4.69, 9.17) is 0 Å². The number of hydrazine groups is 1. The van der Waals surface area contributed by atoms with E-state index in [2.05, 4.69) is 45.6 Å². The number of hydrogen-bond acceptors (Lipinski definition) is 5. The van der Waals surface area contributed by atoms with Crippen molar-refractivity contribution in [3.63, 3.8) is 0 Å². The van der Waals surface area contributed by atoms with Crippen LogP contribution >= 0.6 is 11.3 Å². The van der Waals surface area contributed by atoms with Crippen molar-refractivity contribution in [2.45, 2.75) is 31.8 Å². The summed E-state index contributed by atoms with van der Waals surface area (Å²) in [6, 6.07) is 10.4. The second-order valence-corrected chi connectivity index (χ2v) is 7.30. The lowest BCUT2D eigenvalue weighted by Crippen LogP contribution is -2.44. The van der Waals surface area contributed by atoms with E-state index in [9.17, 15) is 4.79 Å². The van der Waals surface area contributed by atoms with Crippen molar-refractivity contribution in [1.29, 1.82) is 0 Å². The van der Waals surface area contributed by atoms with Crippen LogP contribution < -0.4 is 16.3 Å². The Morgan fingerprint density at radius 1 is 1.33 bits per heavy atom. The number of fused-ring (bicyclic) bond motifs is 3. The number of carbonyl (C=O) groups is 1. The van der Waals surface area contributed by atoms with E-state index in [0.29, 0.717) is 0 Å². The fraction of sp³-hybridized carbons (Fsp3) is 0.333. The molecule has 6 heteroatoms. The molecule has 1 aromatic heterocycles. The summed E-state index contributed by atoms with van der Waals surface area (Å²) in [7, 11) is 0. The van der Waals surface area contributed by atoms with Crippen molar-refractivity contribution in [2.75, 3.05) is 0 Å². The normalized spacial score (nSPS) is 25.5. The molecule has 1 saturated heterocycles. The number of nitrogens with zero attached hydrogens (tertiary/aromatic N) is 1. The fourth-order valence-electron chi connectivity index (χ4n) is 3.62. The highest BCUT2D eigenvalue weighted by Crippen LogP contribution is 2.38. The molecule has 0 spiro atoms. The molecule has 124 valence electrons. The molecule has 0 radical (unpaired) electrons. The molecule has 0 bridgehead atoms. The molecule has 2 aliphatic rings. The van der Waals surface area contributed by atoms with Gasteiger partial charge in [-0.3, -0.25) is 4.79 Å². The number of amides is 1. The van der Waals surface area contributed by atoms with Gasteiger partial charge in [-0.15, -0.1) is 11.3 Å². The molecule has 1 aliphatic heterocycles. The molecule has 24 heavy (non-hydrogen) atoms. The number of thiophene rings is 1. The van der Waals surface area contributed by atoms with E-state index in [1.54, 1.807) is 17.6 Å². The standard InChI is InChI=1S/C18H20N4OS/c1-11-8-9-24-15(11)10-19-22-18(23)17-14-7-6-12-4-2-3-5-13(12)16(14)20-21-17/h2-5,8-10,14,16-17,20-21H,6-7H2,1H3,(H,22,23)/b19-10+. The maximum absolute atomic E-state index is 12.5. The van der Waals surface area contributed by atoms with Gasteiger partial charge >= 0.3 is 0 Å². The Morgan fingerprint density at radius 3 is 3.04 bits per heavy atom. The number of rotatable bonds is 3. The second-order valence-electron chi connectivity index (χ2n) is 6.35. The Morgan fingerprint density at radius 2 is 2.21 bits per heavy atom. The van der Waals surface area contributed by atoms with Gasteiger partial charge in [0.15, 0.2) is 0 Å². The highest BCUT2D eigenvalue weighted by Gasteiger charge is 2.43. The van der Waals surface area contributed by atoms with Crippen LogP contribution in [-0.4, -0.2) is 18.2 Å². The van der Waals surface area contributed by atoms with E-state index in [1.165, 1.54) is 16.7 Å². The smallest absolute Gasteiger partial charge is 0.258 e. The molecule has 1 amide bonds. The van der Waals surface area contributed by atoms with E-state index < -0.39 is 0 Å². The van der Waals surface area contributed by atoms with Gasteiger partial charge in [-0.1, -0.05) is 24.3 Å². The predicted molar refractivity (Wildman–Crippen MR) is 95.8 cm³/mol. The predicted octanol–water partition coefficient (Wildman–Crippen LogP) is 2.29. The second kappa shape index (κ2) is 6.47. The van der Waals surface area contributed by atoms with Crippen molar-refractivity contribution in [3.8, 4) is 0 Å². The summed E-state index contributed by atoms with van der Waals surface area (Å²) in [5.74, 6) is 0.165. The molecule has 5 nitrogen and oxygen atoms in total. The van der Waals surface area contributed by atoms with Gasteiger partial charge in [0.05, 0.1) is 12.3 Å². The van der Waals surface area contributed by atoms with Gasteiger partial charge in [-0.05, 0) is 47.9 Å². The highest BCUT2D eigenvalue weighted by atomic mass is 32.1. The number of hydrazone groups is 1. The average molecular weight is 340 g/mol. The van der Waals surface area contributed by atoms with Crippen LogP contribution in [0, 0.1) is 12.8 Å². The number of benzene rings is 1. The molecule has 3 unspecified atom stereocenters. The van der Waals surface area contributed by atoms with Gasteiger partial charge in [-0.25, -0.2) is 16.3 Å². The summed E-state index contributed by atoms with van der Waals surface area (Å²) in [4.78, 5) is 13.6. The summed E-state index contributed by atoms with van der Waals surface area (Å²) in [6.45, 7) is 2.03. The Hall–Kier alpha value is -2.02. The molecular formula is C18H20N4OS. The molecule has 0 saturated carbocycles. The van der Waals surface area contributed by atoms with Gasteiger partial charge in [0, 0.05) is 10.8 Å². The summed E-state index contributed by atoms with van der Waals surface area (Å²) < 4.78 is 0. The molecule has 3 atom stereocenters. The first kappa shape index (κ1) is 15.5. The van der Waals surface area contributed by atoms with Crippen molar-refractivity contribution >= 4 is 23.5 Å². The molecule has 1 aromatic carbocycles. The van der Waals surface area contributed by atoms with E-state index in [1.807, 2.05) is 18.4 Å². The largest absolute Gasteiger partial charge is 0.271 e. The lowest BCUT2D eigenvalue weighted by atomic mass is 9.77. The van der Waals surface area contributed by atoms with Crippen LogP contribution in [0.3, 0.4) is 0 Å². The lowest BCUT2D eigenvalue weighted by molar-refractivity contribution is -0.123. The van der Waals surface area contributed by atoms with Crippen molar-refractivity contribution < 1.29 is 4.79 Å². The van der Waals surface area contributed by atoms with Crippen LogP contribution in [0.1, 0.15) is 34.0 Å². The monoisotopic (exact) mass is 340 g/mol. The van der Waals surface area contributed by atoms with Gasteiger partial charge < -0.3 is 0 Å². The first-order valence-electron chi connectivity index (χ1n) is 8.20. The van der Waals surface area contributed by atoms with E-state index >= 15 is 0 Å².